The van der Waals surface area contributed by atoms with E-state index in [0.29, 0.717) is 5.06 Å². The fraction of sp³-hybridized carbons (Fsp3) is 0.444. The lowest BCUT2D eigenvalue weighted by molar-refractivity contribution is -0.204. The van der Waals surface area contributed by atoms with Crippen LogP contribution in [0.5, 0.6) is 0 Å². The molecule has 0 saturated carbocycles. The summed E-state index contributed by atoms with van der Waals surface area (Å²) in [6.45, 7) is 2.41. The Bertz CT molecular complexity index is 722. The average molecular weight is 375 g/mol. The number of rotatable bonds is 6. The lowest BCUT2D eigenvalue weighted by Gasteiger charge is -2.38. The summed E-state index contributed by atoms with van der Waals surface area (Å²) in [5.74, 6) is -1.89. The molecule has 1 atom stereocenters. The quantitative estimate of drug-likeness (QED) is 0.694. The molecule has 2 fully saturated rings. The maximum atomic E-state index is 12.6. The Morgan fingerprint density at radius 2 is 1.78 bits per heavy atom. The van der Waals surface area contributed by atoms with Gasteiger partial charge in [0.2, 0.25) is 0 Å². The van der Waals surface area contributed by atoms with Crippen molar-refractivity contribution in [2.75, 3.05) is 13.1 Å². The zero-order valence-corrected chi connectivity index (χ0v) is 15.0. The molecule has 3 rings (SSSR count). The van der Waals surface area contributed by atoms with Gasteiger partial charge in [-0.3, -0.25) is 14.4 Å². The first-order chi connectivity index (χ1) is 13.0. The number of hydroxylamine groups is 4. The predicted octanol–water partition coefficient (Wildman–Crippen LogP) is 1.24. The second-order valence-corrected chi connectivity index (χ2v) is 6.23. The normalized spacial score (nSPS) is 20.4. The van der Waals surface area contributed by atoms with E-state index in [9.17, 15) is 19.2 Å². The van der Waals surface area contributed by atoms with E-state index in [-0.39, 0.29) is 39.0 Å². The number of carbonyl (C=O) groups excluding carboxylic acids is 4. The molecule has 27 heavy (non-hydrogen) atoms. The zero-order valence-electron chi connectivity index (χ0n) is 15.0. The molecule has 0 aromatic heterocycles. The smallest absolute Gasteiger partial charge is 0.328 e. The highest BCUT2D eigenvalue weighted by atomic mass is 16.7. The van der Waals surface area contributed by atoms with Gasteiger partial charge < -0.3 is 9.74 Å². The standard InChI is InChI=1S/C18H21N3O6/c1-2-19-14(17(24)27-21-15(22)8-9-16(21)23)10-11-20(18(19)25)26-12-13-6-4-3-5-7-13/h3-7,14H,2,8-12H2,1H3/t14-/m0/s1. The van der Waals surface area contributed by atoms with Crippen LogP contribution in [0.3, 0.4) is 0 Å². The van der Waals surface area contributed by atoms with Gasteiger partial charge in [0.05, 0.1) is 6.54 Å². The molecule has 2 heterocycles. The van der Waals surface area contributed by atoms with Gasteiger partial charge in [0.25, 0.3) is 11.8 Å². The van der Waals surface area contributed by atoms with Gasteiger partial charge in [0.15, 0.2) is 0 Å². The van der Waals surface area contributed by atoms with E-state index in [1.807, 2.05) is 30.3 Å². The molecule has 1 aromatic rings. The van der Waals surface area contributed by atoms with Crippen LogP contribution in [0, 0.1) is 0 Å². The summed E-state index contributed by atoms with van der Waals surface area (Å²) in [5, 5.41) is 1.71. The number of nitrogens with zero attached hydrogens (tertiary/aromatic N) is 3. The van der Waals surface area contributed by atoms with E-state index in [1.165, 1.54) is 9.96 Å². The van der Waals surface area contributed by atoms with Crippen molar-refractivity contribution >= 4 is 23.8 Å². The van der Waals surface area contributed by atoms with Crippen LogP contribution in [0.2, 0.25) is 0 Å². The molecule has 0 spiro atoms. The number of likely N-dealkylation sites (N-methyl/N-ethyl adjacent to an activating group) is 1. The van der Waals surface area contributed by atoms with Crippen molar-refractivity contribution in [3.63, 3.8) is 0 Å². The molecule has 0 aliphatic carbocycles. The summed E-state index contributed by atoms with van der Waals surface area (Å²) in [4.78, 5) is 60.1. The first-order valence-electron chi connectivity index (χ1n) is 8.83. The molecule has 0 unspecified atom stereocenters. The Labute approximate surface area is 156 Å². The van der Waals surface area contributed by atoms with Gasteiger partial charge in [0, 0.05) is 19.4 Å². The van der Waals surface area contributed by atoms with Crippen molar-refractivity contribution < 1.29 is 28.9 Å². The van der Waals surface area contributed by atoms with Crippen molar-refractivity contribution in [1.82, 2.24) is 15.0 Å². The van der Waals surface area contributed by atoms with Crippen LogP contribution in [-0.4, -0.2) is 58.0 Å². The third kappa shape index (κ3) is 4.08. The molecule has 9 heteroatoms. The van der Waals surface area contributed by atoms with Crippen LogP contribution in [0.15, 0.2) is 30.3 Å². The average Bonchev–Trinajstić information content (AvgIpc) is 2.99. The van der Waals surface area contributed by atoms with Gasteiger partial charge in [-0.25, -0.2) is 14.7 Å². The van der Waals surface area contributed by atoms with Crippen LogP contribution in [0.25, 0.3) is 0 Å². The molecule has 2 saturated heterocycles. The van der Waals surface area contributed by atoms with Crippen LogP contribution < -0.4 is 0 Å². The van der Waals surface area contributed by atoms with E-state index in [4.69, 9.17) is 9.68 Å². The monoisotopic (exact) mass is 375 g/mol. The second-order valence-electron chi connectivity index (χ2n) is 6.23. The molecule has 0 radical (unpaired) electrons. The number of amides is 4. The first-order valence-corrected chi connectivity index (χ1v) is 8.83. The van der Waals surface area contributed by atoms with Crippen LogP contribution in [-0.2, 0) is 30.7 Å². The number of carbonyl (C=O) groups is 4. The zero-order chi connectivity index (χ0) is 19.4. The minimum atomic E-state index is -0.875. The highest BCUT2D eigenvalue weighted by molar-refractivity contribution is 6.02. The lowest BCUT2D eigenvalue weighted by atomic mass is 10.1. The Morgan fingerprint density at radius 1 is 1.11 bits per heavy atom. The van der Waals surface area contributed by atoms with Crippen LogP contribution in [0.1, 0.15) is 31.7 Å². The van der Waals surface area contributed by atoms with Gasteiger partial charge in [-0.15, -0.1) is 5.06 Å². The van der Waals surface area contributed by atoms with Crippen molar-refractivity contribution in [2.24, 2.45) is 0 Å². The minimum Gasteiger partial charge on any atom is -0.328 e. The number of hydrogen-bond acceptors (Lipinski definition) is 6. The summed E-state index contributed by atoms with van der Waals surface area (Å²) >= 11 is 0. The largest absolute Gasteiger partial charge is 0.355 e. The molecule has 1 aromatic carbocycles. The molecule has 0 bridgehead atoms. The topological polar surface area (TPSA) is 96.5 Å². The van der Waals surface area contributed by atoms with Gasteiger partial charge >= 0.3 is 12.0 Å². The highest BCUT2D eigenvalue weighted by Gasteiger charge is 2.41. The Balaban J connectivity index is 1.60. The molecular formula is C18H21N3O6. The molecule has 144 valence electrons. The highest BCUT2D eigenvalue weighted by Crippen LogP contribution is 2.21. The van der Waals surface area contributed by atoms with Crippen molar-refractivity contribution in [3.05, 3.63) is 35.9 Å². The summed E-state index contributed by atoms with van der Waals surface area (Å²) in [5.41, 5.74) is 0.918. The number of benzene rings is 1. The molecular weight excluding hydrogens is 354 g/mol. The van der Waals surface area contributed by atoms with Gasteiger partial charge in [0.1, 0.15) is 12.6 Å². The number of imide groups is 1. The van der Waals surface area contributed by atoms with E-state index in [2.05, 4.69) is 0 Å². The lowest BCUT2D eigenvalue weighted by Crippen LogP contribution is -2.57. The van der Waals surface area contributed by atoms with E-state index in [1.54, 1.807) is 6.92 Å². The minimum absolute atomic E-state index is 0.0221. The Hall–Kier alpha value is -2.94. The maximum Gasteiger partial charge on any atom is 0.355 e. The summed E-state index contributed by atoms with van der Waals surface area (Å²) in [6, 6.07) is 8.08. The molecule has 9 nitrogen and oxygen atoms in total. The fourth-order valence-electron chi connectivity index (χ4n) is 3.02. The van der Waals surface area contributed by atoms with Crippen LogP contribution in [0.4, 0.5) is 4.79 Å². The number of hydrogen-bond donors (Lipinski definition) is 0. The van der Waals surface area contributed by atoms with Crippen molar-refractivity contribution in [2.45, 2.75) is 38.8 Å². The Kier molecular flexibility index (Phi) is 5.70. The number of urea groups is 1. The van der Waals surface area contributed by atoms with E-state index >= 15 is 0 Å². The molecule has 2 aliphatic rings. The second kappa shape index (κ2) is 8.17. The van der Waals surface area contributed by atoms with Crippen LogP contribution >= 0.6 is 0 Å². The van der Waals surface area contributed by atoms with E-state index in [0.717, 1.165) is 5.56 Å². The predicted molar refractivity (Wildman–Crippen MR) is 91.3 cm³/mol. The molecule has 2 aliphatic heterocycles. The van der Waals surface area contributed by atoms with Crippen molar-refractivity contribution in [1.29, 1.82) is 0 Å². The van der Waals surface area contributed by atoms with Gasteiger partial charge in [-0.1, -0.05) is 30.3 Å². The Morgan fingerprint density at radius 3 is 2.41 bits per heavy atom. The SMILES string of the molecule is CCN1C(=O)N(OCc2ccccc2)CC[C@H]1C(=O)ON1C(=O)CCC1=O. The summed E-state index contributed by atoms with van der Waals surface area (Å²) < 4.78 is 0. The van der Waals surface area contributed by atoms with Gasteiger partial charge in [-0.2, -0.15) is 0 Å². The first kappa shape index (κ1) is 18.8. The van der Waals surface area contributed by atoms with Crippen molar-refractivity contribution in [3.8, 4) is 0 Å². The molecule has 4 amide bonds. The third-order valence-corrected chi connectivity index (χ3v) is 4.47. The molecule has 0 N–H and O–H groups in total. The summed E-state index contributed by atoms with van der Waals surface area (Å²) in [7, 11) is 0. The maximum absolute atomic E-state index is 12.6. The third-order valence-electron chi connectivity index (χ3n) is 4.47. The summed E-state index contributed by atoms with van der Waals surface area (Å²) in [6.07, 6.45) is 0.312. The van der Waals surface area contributed by atoms with E-state index < -0.39 is 29.9 Å². The van der Waals surface area contributed by atoms with Gasteiger partial charge in [-0.05, 0) is 18.9 Å². The fourth-order valence-corrected chi connectivity index (χ4v) is 3.02.